The number of rotatable bonds is 6. The summed E-state index contributed by atoms with van der Waals surface area (Å²) in [5.41, 5.74) is 1.52. The van der Waals surface area contributed by atoms with E-state index in [1.807, 2.05) is 49.4 Å². The smallest absolute Gasteiger partial charge is 0.292 e. The maximum absolute atomic E-state index is 12.5. The molecule has 0 radical (unpaired) electrons. The summed E-state index contributed by atoms with van der Waals surface area (Å²) < 4.78 is 11.0. The van der Waals surface area contributed by atoms with Crippen molar-refractivity contribution in [2.75, 3.05) is 5.32 Å². The van der Waals surface area contributed by atoms with Crippen LogP contribution in [0.15, 0.2) is 65.3 Å². The van der Waals surface area contributed by atoms with Gasteiger partial charge in [0.15, 0.2) is 11.6 Å². The molecule has 3 aromatic heterocycles. The first kappa shape index (κ1) is 17.1. The average molecular weight is 379 g/mol. The molecule has 0 saturated heterocycles. The fourth-order valence-corrected chi connectivity index (χ4v) is 3.42. The summed E-state index contributed by atoms with van der Waals surface area (Å²) in [7, 11) is 0. The lowest BCUT2D eigenvalue weighted by molar-refractivity contribution is 0.0993. The summed E-state index contributed by atoms with van der Waals surface area (Å²) in [6.07, 6.45) is 1.48. The van der Waals surface area contributed by atoms with E-state index in [9.17, 15) is 4.79 Å². The van der Waals surface area contributed by atoms with Crippen LogP contribution in [0, 0.1) is 6.92 Å². The summed E-state index contributed by atoms with van der Waals surface area (Å²) in [6, 6.07) is 17.0. The van der Waals surface area contributed by atoms with Crippen molar-refractivity contribution >= 4 is 23.1 Å². The van der Waals surface area contributed by atoms with E-state index in [2.05, 4.69) is 15.5 Å². The Morgan fingerprint density at radius 3 is 2.85 bits per heavy atom. The van der Waals surface area contributed by atoms with E-state index < -0.39 is 0 Å². The van der Waals surface area contributed by atoms with E-state index in [4.69, 9.17) is 9.15 Å². The molecule has 0 bridgehead atoms. The van der Waals surface area contributed by atoms with Crippen LogP contribution < -0.4 is 10.1 Å². The molecule has 0 aliphatic rings. The van der Waals surface area contributed by atoms with Crippen molar-refractivity contribution in [3.8, 4) is 16.3 Å². The number of aromatic nitrogens is 2. The van der Waals surface area contributed by atoms with Crippen LogP contribution >= 0.6 is 11.3 Å². The molecule has 136 valence electrons. The van der Waals surface area contributed by atoms with Gasteiger partial charge in [0.1, 0.15) is 12.4 Å². The minimum atomic E-state index is -0.368. The van der Waals surface area contributed by atoms with Gasteiger partial charge < -0.3 is 14.5 Å². The minimum absolute atomic E-state index is 0.211. The number of carbonyl (C=O) groups is 1. The van der Waals surface area contributed by atoms with Crippen LogP contribution in [0.2, 0.25) is 0 Å². The van der Waals surface area contributed by atoms with Crippen LogP contribution in [-0.4, -0.2) is 16.1 Å². The Morgan fingerprint density at radius 1 is 1.22 bits per heavy atom. The van der Waals surface area contributed by atoms with Crippen molar-refractivity contribution in [3.05, 3.63) is 77.1 Å². The average Bonchev–Trinajstić information content (AvgIpc) is 3.41. The fraction of sp³-hybridized carbons (Fsp3) is 0.100. The highest BCUT2D eigenvalue weighted by atomic mass is 32.1. The van der Waals surface area contributed by atoms with E-state index >= 15 is 0 Å². The molecule has 4 rings (SSSR count). The molecule has 27 heavy (non-hydrogen) atoms. The van der Waals surface area contributed by atoms with Crippen molar-refractivity contribution in [1.29, 1.82) is 0 Å². The van der Waals surface area contributed by atoms with E-state index in [0.717, 1.165) is 16.3 Å². The Hall–Kier alpha value is -3.32. The third-order valence-electron chi connectivity index (χ3n) is 3.92. The number of anilines is 1. The van der Waals surface area contributed by atoms with Gasteiger partial charge in [-0.05, 0) is 37.3 Å². The molecule has 4 aromatic rings. The SMILES string of the molecule is Cc1ccc(-c2cc(NC(=O)c3occc3COc3ccccc3)n[nH]2)s1. The predicted molar refractivity (Wildman–Crippen MR) is 104 cm³/mol. The third kappa shape index (κ3) is 3.93. The lowest BCUT2D eigenvalue weighted by Gasteiger charge is -2.06. The second-order valence-corrected chi connectivity index (χ2v) is 7.20. The van der Waals surface area contributed by atoms with Gasteiger partial charge in [-0.2, -0.15) is 5.10 Å². The van der Waals surface area contributed by atoms with E-state index in [0.29, 0.717) is 11.4 Å². The van der Waals surface area contributed by atoms with Gasteiger partial charge in [-0.15, -0.1) is 11.3 Å². The van der Waals surface area contributed by atoms with E-state index in [1.165, 1.54) is 11.1 Å². The van der Waals surface area contributed by atoms with Gasteiger partial charge in [-0.25, -0.2) is 0 Å². The molecule has 0 unspecified atom stereocenters. The summed E-state index contributed by atoms with van der Waals surface area (Å²) in [5, 5.41) is 9.84. The second-order valence-electron chi connectivity index (χ2n) is 5.91. The van der Waals surface area contributed by atoms with Crippen LogP contribution in [0.25, 0.3) is 10.6 Å². The molecule has 0 saturated carbocycles. The largest absolute Gasteiger partial charge is 0.489 e. The second kappa shape index (κ2) is 7.51. The predicted octanol–water partition coefficient (Wildman–Crippen LogP) is 4.87. The molecule has 0 atom stereocenters. The number of hydrogen-bond donors (Lipinski definition) is 2. The molecular weight excluding hydrogens is 362 g/mol. The maximum atomic E-state index is 12.5. The summed E-state index contributed by atoms with van der Waals surface area (Å²) in [4.78, 5) is 14.8. The molecule has 1 amide bonds. The molecule has 1 aromatic carbocycles. The van der Waals surface area contributed by atoms with Gasteiger partial charge in [-0.1, -0.05) is 18.2 Å². The van der Waals surface area contributed by atoms with Gasteiger partial charge in [0, 0.05) is 16.5 Å². The van der Waals surface area contributed by atoms with Crippen LogP contribution in [0.3, 0.4) is 0 Å². The molecule has 0 aliphatic carbocycles. The van der Waals surface area contributed by atoms with Crippen molar-refractivity contribution in [1.82, 2.24) is 10.2 Å². The summed E-state index contributed by atoms with van der Waals surface area (Å²) in [5.74, 6) is 1.01. The molecule has 0 spiro atoms. The number of aromatic amines is 1. The van der Waals surface area contributed by atoms with Gasteiger partial charge in [0.2, 0.25) is 0 Å². The highest BCUT2D eigenvalue weighted by molar-refractivity contribution is 7.15. The Morgan fingerprint density at radius 2 is 2.07 bits per heavy atom. The number of aryl methyl sites for hydroxylation is 1. The molecular formula is C20H17N3O3S. The van der Waals surface area contributed by atoms with Crippen molar-refractivity contribution < 1.29 is 13.9 Å². The number of hydrogen-bond acceptors (Lipinski definition) is 5. The first-order valence-electron chi connectivity index (χ1n) is 8.37. The highest BCUT2D eigenvalue weighted by Gasteiger charge is 2.17. The van der Waals surface area contributed by atoms with Crippen LogP contribution in [0.1, 0.15) is 21.0 Å². The zero-order valence-electron chi connectivity index (χ0n) is 14.6. The van der Waals surface area contributed by atoms with Gasteiger partial charge in [-0.3, -0.25) is 9.89 Å². The molecule has 2 N–H and O–H groups in total. The fourth-order valence-electron chi connectivity index (χ4n) is 2.59. The number of nitrogens with zero attached hydrogens (tertiary/aromatic N) is 1. The topological polar surface area (TPSA) is 80.2 Å². The van der Waals surface area contributed by atoms with Crippen LogP contribution in [0.5, 0.6) is 5.75 Å². The highest BCUT2D eigenvalue weighted by Crippen LogP contribution is 2.27. The zero-order chi connectivity index (χ0) is 18.6. The van der Waals surface area contributed by atoms with Gasteiger partial charge in [0.25, 0.3) is 5.91 Å². The zero-order valence-corrected chi connectivity index (χ0v) is 15.4. The van der Waals surface area contributed by atoms with Crippen LogP contribution in [0.4, 0.5) is 5.82 Å². The number of nitrogens with one attached hydrogen (secondary N) is 2. The lowest BCUT2D eigenvalue weighted by atomic mass is 10.2. The van der Waals surface area contributed by atoms with Crippen molar-refractivity contribution in [2.45, 2.75) is 13.5 Å². The van der Waals surface area contributed by atoms with Crippen molar-refractivity contribution in [2.24, 2.45) is 0 Å². The Bertz CT molecular complexity index is 1050. The quantitative estimate of drug-likeness (QED) is 0.501. The number of H-pyrrole nitrogens is 1. The molecule has 0 fully saturated rings. The van der Waals surface area contributed by atoms with Crippen LogP contribution in [-0.2, 0) is 6.61 Å². The molecule has 7 heteroatoms. The summed E-state index contributed by atoms with van der Waals surface area (Å²) in [6.45, 7) is 2.28. The van der Waals surface area contributed by atoms with Gasteiger partial charge in [0.05, 0.1) is 16.8 Å². The number of carbonyl (C=O) groups excluding carboxylic acids is 1. The number of para-hydroxylation sites is 1. The monoisotopic (exact) mass is 379 g/mol. The molecule has 0 aliphatic heterocycles. The number of amides is 1. The van der Waals surface area contributed by atoms with E-state index in [1.54, 1.807) is 23.5 Å². The standard InChI is InChI=1S/C20H17N3O3S/c1-13-7-8-17(27-13)16-11-18(23-22-16)21-20(24)19-14(9-10-25-19)12-26-15-5-3-2-4-6-15/h2-11H,12H2,1H3,(H2,21,22,23,24). The number of ether oxygens (including phenoxy) is 1. The summed E-state index contributed by atoms with van der Waals surface area (Å²) >= 11 is 1.66. The van der Waals surface area contributed by atoms with Gasteiger partial charge >= 0.3 is 0 Å². The third-order valence-corrected chi connectivity index (χ3v) is 4.95. The maximum Gasteiger partial charge on any atom is 0.292 e. The Balaban J connectivity index is 1.43. The normalized spacial score (nSPS) is 10.7. The van der Waals surface area contributed by atoms with E-state index in [-0.39, 0.29) is 18.3 Å². The Labute approximate surface area is 159 Å². The first-order valence-corrected chi connectivity index (χ1v) is 9.18. The number of thiophene rings is 1. The molecule has 3 heterocycles. The number of furan rings is 1. The number of benzene rings is 1. The molecule has 6 nitrogen and oxygen atoms in total. The lowest BCUT2D eigenvalue weighted by Crippen LogP contribution is -2.14. The van der Waals surface area contributed by atoms with Crippen molar-refractivity contribution in [3.63, 3.8) is 0 Å². The first-order chi connectivity index (χ1) is 13.2. The minimum Gasteiger partial charge on any atom is -0.489 e. The Kier molecular flexibility index (Phi) is 4.76.